The van der Waals surface area contributed by atoms with Crippen LogP contribution in [0.4, 0.5) is 0 Å². The SMILES string of the molecule is CC(C)CN(CC(=O)N(Cc1ccco1)CC1CCCO1)S(=O)(=O)Cc1ccccc1. The summed E-state index contributed by atoms with van der Waals surface area (Å²) >= 11 is 0. The molecule has 170 valence electrons. The van der Waals surface area contributed by atoms with Gasteiger partial charge in [-0.15, -0.1) is 0 Å². The highest BCUT2D eigenvalue weighted by molar-refractivity contribution is 7.88. The van der Waals surface area contributed by atoms with E-state index in [4.69, 9.17) is 9.15 Å². The number of amides is 1. The minimum Gasteiger partial charge on any atom is -0.467 e. The number of carbonyl (C=O) groups excluding carboxylic acids is 1. The molecule has 1 atom stereocenters. The zero-order valence-corrected chi connectivity index (χ0v) is 19.1. The summed E-state index contributed by atoms with van der Waals surface area (Å²) in [6.07, 6.45) is 3.40. The molecule has 1 amide bonds. The average molecular weight is 449 g/mol. The van der Waals surface area contributed by atoms with Gasteiger partial charge in [-0.1, -0.05) is 44.2 Å². The third-order valence-corrected chi connectivity index (χ3v) is 6.96. The fourth-order valence-corrected chi connectivity index (χ4v) is 5.32. The van der Waals surface area contributed by atoms with E-state index in [1.54, 1.807) is 29.4 Å². The van der Waals surface area contributed by atoms with Gasteiger partial charge in [0, 0.05) is 19.7 Å². The first-order valence-corrected chi connectivity index (χ1v) is 12.4. The number of rotatable bonds is 11. The third kappa shape index (κ3) is 7.19. The average Bonchev–Trinajstić information content (AvgIpc) is 3.41. The van der Waals surface area contributed by atoms with Gasteiger partial charge >= 0.3 is 0 Å². The molecule has 8 heteroatoms. The van der Waals surface area contributed by atoms with Crippen molar-refractivity contribution in [1.82, 2.24) is 9.21 Å². The Morgan fingerprint density at radius 1 is 1.16 bits per heavy atom. The number of carbonyl (C=O) groups is 1. The standard InChI is InChI=1S/C23H32N2O5S/c1-19(2)14-25(31(27,28)18-20-8-4-3-5-9-20)17-23(26)24(15-21-10-6-12-29-21)16-22-11-7-13-30-22/h3-6,8-10,12,19,22H,7,11,13-18H2,1-2H3. The summed E-state index contributed by atoms with van der Waals surface area (Å²) in [5.41, 5.74) is 0.704. The van der Waals surface area contributed by atoms with Crippen molar-refractivity contribution in [3.05, 3.63) is 60.1 Å². The molecular weight excluding hydrogens is 416 g/mol. The van der Waals surface area contributed by atoms with E-state index < -0.39 is 10.0 Å². The lowest BCUT2D eigenvalue weighted by atomic mass is 10.2. The molecule has 1 saturated heterocycles. The van der Waals surface area contributed by atoms with E-state index in [1.165, 1.54) is 4.31 Å². The molecule has 2 heterocycles. The monoisotopic (exact) mass is 448 g/mol. The largest absolute Gasteiger partial charge is 0.467 e. The van der Waals surface area contributed by atoms with Gasteiger partial charge in [0.05, 0.1) is 31.2 Å². The van der Waals surface area contributed by atoms with Crippen molar-refractivity contribution in [1.29, 1.82) is 0 Å². The van der Waals surface area contributed by atoms with Crippen LogP contribution < -0.4 is 0 Å². The second kappa shape index (κ2) is 10.9. The van der Waals surface area contributed by atoms with Gasteiger partial charge in [-0.05, 0) is 36.5 Å². The van der Waals surface area contributed by atoms with E-state index >= 15 is 0 Å². The molecule has 1 aliphatic rings. The van der Waals surface area contributed by atoms with Crippen molar-refractivity contribution in [3.8, 4) is 0 Å². The van der Waals surface area contributed by atoms with E-state index in [1.807, 2.05) is 38.1 Å². The van der Waals surface area contributed by atoms with Gasteiger partial charge in [0.2, 0.25) is 15.9 Å². The quantitative estimate of drug-likeness (QED) is 0.527. The molecule has 0 spiro atoms. The van der Waals surface area contributed by atoms with Gasteiger partial charge in [0.25, 0.3) is 0 Å². The first-order chi connectivity index (χ1) is 14.8. The van der Waals surface area contributed by atoms with Gasteiger partial charge < -0.3 is 14.1 Å². The summed E-state index contributed by atoms with van der Waals surface area (Å²) in [4.78, 5) is 14.9. The van der Waals surface area contributed by atoms with E-state index in [0.29, 0.717) is 31.0 Å². The Hall–Kier alpha value is -2.16. The molecule has 0 N–H and O–H groups in total. The number of benzene rings is 1. The van der Waals surface area contributed by atoms with Crippen LogP contribution in [0.2, 0.25) is 0 Å². The van der Waals surface area contributed by atoms with Crippen LogP contribution in [0.5, 0.6) is 0 Å². The summed E-state index contributed by atoms with van der Waals surface area (Å²) < 4.78 is 38.8. The molecule has 7 nitrogen and oxygen atoms in total. The summed E-state index contributed by atoms with van der Waals surface area (Å²) in [6, 6.07) is 12.6. The topological polar surface area (TPSA) is 80.1 Å². The Kier molecular flexibility index (Phi) is 8.28. The van der Waals surface area contributed by atoms with Gasteiger partial charge in [-0.25, -0.2) is 8.42 Å². The second-order valence-electron chi connectivity index (χ2n) is 8.42. The molecule has 0 radical (unpaired) electrons. The van der Waals surface area contributed by atoms with E-state index in [2.05, 4.69) is 0 Å². The highest BCUT2D eigenvalue weighted by Crippen LogP contribution is 2.18. The minimum atomic E-state index is -3.66. The lowest BCUT2D eigenvalue weighted by Crippen LogP contribution is -2.46. The van der Waals surface area contributed by atoms with Crippen LogP contribution >= 0.6 is 0 Å². The Balaban J connectivity index is 1.75. The fraction of sp³-hybridized carbons (Fsp3) is 0.522. The van der Waals surface area contributed by atoms with Crippen molar-refractivity contribution < 1.29 is 22.4 Å². The van der Waals surface area contributed by atoms with Crippen molar-refractivity contribution >= 4 is 15.9 Å². The van der Waals surface area contributed by atoms with Gasteiger partial charge in [0.1, 0.15) is 5.76 Å². The first kappa shape index (κ1) is 23.5. The number of nitrogens with zero attached hydrogens (tertiary/aromatic N) is 2. The van der Waals surface area contributed by atoms with Crippen LogP contribution in [0.1, 0.15) is 38.0 Å². The molecule has 1 fully saturated rings. The normalized spacial score (nSPS) is 16.8. The van der Waals surface area contributed by atoms with Crippen molar-refractivity contribution in [2.24, 2.45) is 5.92 Å². The van der Waals surface area contributed by atoms with Crippen LogP contribution in [0, 0.1) is 5.92 Å². The minimum absolute atomic E-state index is 0.0293. The molecule has 1 aromatic carbocycles. The molecule has 3 rings (SSSR count). The molecule has 1 unspecified atom stereocenters. The van der Waals surface area contributed by atoms with E-state index in [0.717, 1.165) is 12.8 Å². The maximum Gasteiger partial charge on any atom is 0.238 e. The molecule has 31 heavy (non-hydrogen) atoms. The number of hydrogen-bond donors (Lipinski definition) is 0. The summed E-state index contributed by atoms with van der Waals surface area (Å²) in [5, 5.41) is 0. The molecular formula is C23H32N2O5S. The predicted octanol–water partition coefficient (Wildman–Crippen LogP) is 3.28. The Morgan fingerprint density at radius 2 is 1.94 bits per heavy atom. The third-order valence-electron chi connectivity index (χ3n) is 5.19. The van der Waals surface area contributed by atoms with Crippen molar-refractivity contribution in [2.75, 3.05) is 26.2 Å². The van der Waals surface area contributed by atoms with Gasteiger partial charge in [0.15, 0.2) is 0 Å². The lowest BCUT2D eigenvalue weighted by molar-refractivity contribution is -0.134. The van der Waals surface area contributed by atoms with E-state index in [-0.39, 0.29) is 36.8 Å². The van der Waals surface area contributed by atoms with Crippen LogP contribution in [0.15, 0.2) is 53.1 Å². The van der Waals surface area contributed by atoms with E-state index in [9.17, 15) is 13.2 Å². The zero-order chi connectivity index (χ0) is 22.3. The molecule has 1 aliphatic heterocycles. The maximum absolute atomic E-state index is 13.3. The summed E-state index contributed by atoms with van der Waals surface area (Å²) in [6.45, 7) is 5.40. The van der Waals surface area contributed by atoms with Crippen molar-refractivity contribution in [3.63, 3.8) is 0 Å². The Morgan fingerprint density at radius 3 is 2.55 bits per heavy atom. The summed E-state index contributed by atoms with van der Waals surface area (Å²) in [7, 11) is -3.66. The lowest BCUT2D eigenvalue weighted by Gasteiger charge is -2.29. The van der Waals surface area contributed by atoms with Crippen LogP contribution in [0.3, 0.4) is 0 Å². The van der Waals surface area contributed by atoms with Crippen LogP contribution in [-0.2, 0) is 31.9 Å². The molecule has 0 bridgehead atoms. The fourth-order valence-electron chi connectivity index (χ4n) is 3.69. The van der Waals surface area contributed by atoms with Gasteiger partial charge in [-0.2, -0.15) is 4.31 Å². The Labute approximate surface area is 185 Å². The smallest absolute Gasteiger partial charge is 0.238 e. The first-order valence-electron chi connectivity index (χ1n) is 10.8. The Bertz CT molecular complexity index is 907. The highest BCUT2D eigenvalue weighted by Gasteiger charge is 2.30. The van der Waals surface area contributed by atoms with Crippen LogP contribution in [0.25, 0.3) is 0 Å². The molecule has 1 aromatic heterocycles. The second-order valence-corrected chi connectivity index (χ2v) is 10.4. The number of hydrogen-bond acceptors (Lipinski definition) is 5. The van der Waals surface area contributed by atoms with Crippen LogP contribution in [-0.4, -0.2) is 55.9 Å². The number of ether oxygens (including phenoxy) is 1. The number of sulfonamides is 1. The van der Waals surface area contributed by atoms with Gasteiger partial charge in [-0.3, -0.25) is 4.79 Å². The zero-order valence-electron chi connectivity index (χ0n) is 18.3. The summed E-state index contributed by atoms with van der Waals surface area (Å²) in [5.74, 6) is 0.380. The molecule has 0 aliphatic carbocycles. The van der Waals surface area contributed by atoms with Crippen molar-refractivity contribution in [2.45, 2.75) is 45.1 Å². The molecule has 0 saturated carbocycles. The number of furan rings is 1. The highest BCUT2D eigenvalue weighted by atomic mass is 32.2. The molecule has 2 aromatic rings. The maximum atomic E-state index is 13.3. The predicted molar refractivity (Wildman–Crippen MR) is 119 cm³/mol.